The lowest BCUT2D eigenvalue weighted by Gasteiger charge is -2.11. The summed E-state index contributed by atoms with van der Waals surface area (Å²) in [4.78, 5) is 11.9. The molecule has 4 nitrogen and oxygen atoms in total. The van der Waals surface area contributed by atoms with E-state index in [-0.39, 0.29) is 6.03 Å². The highest BCUT2D eigenvalue weighted by Gasteiger charge is 2.07. The minimum absolute atomic E-state index is 0.359. The lowest BCUT2D eigenvalue weighted by Crippen LogP contribution is -2.20. The summed E-state index contributed by atoms with van der Waals surface area (Å²) in [7, 11) is 0. The molecule has 0 aliphatic rings. The second kappa shape index (κ2) is 5.63. The zero-order chi connectivity index (χ0) is 13.8. The molecule has 0 atom stereocenters. The maximum atomic E-state index is 11.9. The number of para-hydroxylation sites is 1. The first-order chi connectivity index (χ1) is 9.06. The first kappa shape index (κ1) is 13.2. The summed E-state index contributed by atoms with van der Waals surface area (Å²) in [5.41, 5.74) is 8.45. The topological polar surface area (TPSA) is 67.1 Å². The molecule has 4 N–H and O–H groups in total. The molecule has 0 fully saturated rings. The van der Waals surface area contributed by atoms with Crippen LogP contribution in [0, 0.1) is 6.92 Å². The Kier molecular flexibility index (Phi) is 3.92. The zero-order valence-electron chi connectivity index (χ0n) is 10.4. The number of carbonyl (C=O) groups is 1. The van der Waals surface area contributed by atoms with Gasteiger partial charge in [0.2, 0.25) is 0 Å². The van der Waals surface area contributed by atoms with Gasteiger partial charge in [-0.1, -0.05) is 29.8 Å². The van der Waals surface area contributed by atoms with Gasteiger partial charge in [0.25, 0.3) is 0 Å². The highest BCUT2D eigenvalue weighted by molar-refractivity contribution is 6.33. The van der Waals surface area contributed by atoms with Gasteiger partial charge in [-0.2, -0.15) is 0 Å². The molecule has 0 aliphatic carbocycles. The Balaban J connectivity index is 2.10. The molecule has 2 aromatic rings. The van der Waals surface area contributed by atoms with E-state index in [4.69, 9.17) is 17.3 Å². The van der Waals surface area contributed by atoms with E-state index in [0.717, 1.165) is 5.56 Å². The highest BCUT2D eigenvalue weighted by atomic mass is 35.5. The van der Waals surface area contributed by atoms with Gasteiger partial charge in [0.1, 0.15) is 0 Å². The molecule has 2 rings (SSSR count). The lowest BCUT2D eigenvalue weighted by atomic mass is 10.2. The van der Waals surface area contributed by atoms with Crippen LogP contribution in [0.1, 0.15) is 5.56 Å². The third-order valence-corrected chi connectivity index (χ3v) is 2.96. The van der Waals surface area contributed by atoms with Crippen LogP contribution in [0.15, 0.2) is 42.5 Å². The van der Waals surface area contributed by atoms with E-state index < -0.39 is 0 Å². The van der Waals surface area contributed by atoms with Gasteiger partial charge in [-0.25, -0.2) is 4.79 Å². The molecule has 0 radical (unpaired) electrons. The number of carbonyl (C=O) groups excluding carboxylic acids is 1. The monoisotopic (exact) mass is 275 g/mol. The van der Waals surface area contributed by atoms with Crippen molar-refractivity contribution in [2.75, 3.05) is 16.4 Å². The molecule has 19 heavy (non-hydrogen) atoms. The summed E-state index contributed by atoms with van der Waals surface area (Å²) in [6.07, 6.45) is 0. The second-order valence-corrected chi connectivity index (χ2v) is 4.54. The molecule has 2 amide bonds. The minimum Gasteiger partial charge on any atom is -0.399 e. The van der Waals surface area contributed by atoms with E-state index in [0.29, 0.717) is 22.1 Å². The van der Waals surface area contributed by atoms with Crippen LogP contribution in [0.25, 0.3) is 0 Å². The fraction of sp³-hybridized carbons (Fsp3) is 0.0714. The van der Waals surface area contributed by atoms with Crippen molar-refractivity contribution >= 4 is 34.7 Å². The molecule has 5 heteroatoms. The molecule has 98 valence electrons. The molecule has 0 unspecified atom stereocenters. The standard InChI is InChI=1S/C14H14ClN3O/c1-9-6-7-10(16)8-13(9)18-14(19)17-12-5-3-2-4-11(12)15/h2-8H,16H2,1H3,(H2,17,18,19). The van der Waals surface area contributed by atoms with Crippen LogP contribution < -0.4 is 16.4 Å². The SMILES string of the molecule is Cc1ccc(N)cc1NC(=O)Nc1ccccc1Cl. The molecule has 0 aromatic heterocycles. The van der Waals surface area contributed by atoms with Crippen LogP contribution >= 0.6 is 11.6 Å². The number of nitrogen functional groups attached to an aromatic ring is 1. The highest BCUT2D eigenvalue weighted by Crippen LogP contribution is 2.22. The summed E-state index contributed by atoms with van der Waals surface area (Å²) in [6.45, 7) is 1.89. The Morgan fingerprint density at radius 3 is 2.53 bits per heavy atom. The minimum atomic E-state index is -0.359. The first-order valence-electron chi connectivity index (χ1n) is 5.75. The Morgan fingerprint density at radius 1 is 1.11 bits per heavy atom. The normalized spacial score (nSPS) is 10.0. The van der Waals surface area contributed by atoms with E-state index in [2.05, 4.69) is 10.6 Å². The largest absolute Gasteiger partial charge is 0.399 e. The van der Waals surface area contributed by atoms with Crippen LogP contribution in [0.2, 0.25) is 5.02 Å². The van der Waals surface area contributed by atoms with Gasteiger partial charge in [-0.3, -0.25) is 0 Å². The number of amides is 2. The van der Waals surface area contributed by atoms with E-state index in [1.807, 2.05) is 13.0 Å². The van der Waals surface area contributed by atoms with Crippen molar-refractivity contribution in [3.63, 3.8) is 0 Å². The van der Waals surface area contributed by atoms with Crippen LogP contribution in [-0.2, 0) is 0 Å². The zero-order valence-corrected chi connectivity index (χ0v) is 11.2. The van der Waals surface area contributed by atoms with Crippen molar-refractivity contribution < 1.29 is 4.79 Å². The van der Waals surface area contributed by atoms with E-state index in [9.17, 15) is 4.79 Å². The number of urea groups is 1. The van der Waals surface area contributed by atoms with E-state index in [1.165, 1.54) is 0 Å². The summed E-state index contributed by atoms with van der Waals surface area (Å²) in [5.74, 6) is 0. The summed E-state index contributed by atoms with van der Waals surface area (Å²) >= 11 is 5.97. The van der Waals surface area contributed by atoms with Gasteiger partial charge in [0.05, 0.1) is 10.7 Å². The molecule has 0 saturated carbocycles. The smallest absolute Gasteiger partial charge is 0.323 e. The van der Waals surface area contributed by atoms with Gasteiger partial charge in [-0.15, -0.1) is 0 Å². The molecule has 0 spiro atoms. The lowest BCUT2D eigenvalue weighted by molar-refractivity contribution is 0.262. The Labute approximate surface area is 116 Å². The Bertz CT molecular complexity index is 613. The Morgan fingerprint density at radius 2 is 1.79 bits per heavy atom. The van der Waals surface area contributed by atoms with Crippen molar-refractivity contribution in [3.8, 4) is 0 Å². The van der Waals surface area contributed by atoms with Crippen LogP contribution in [0.4, 0.5) is 21.9 Å². The van der Waals surface area contributed by atoms with Gasteiger partial charge < -0.3 is 16.4 Å². The van der Waals surface area contributed by atoms with Crippen molar-refractivity contribution in [2.24, 2.45) is 0 Å². The van der Waals surface area contributed by atoms with Gasteiger partial charge >= 0.3 is 6.03 Å². The van der Waals surface area contributed by atoms with Crippen LogP contribution in [0.3, 0.4) is 0 Å². The van der Waals surface area contributed by atoms with Crippen molar-refractivity contribution in [1.29, 1.82) is 0 Å². The number of hydrogen-bond donors (Lipinski definition) is 3. The third-order valence-electron chi connectivity index (χ3n) is 2.63. The number of anilines is 3. The number of nitrogens with two attached hydrogens (primary N) is 1. The Hall–Kier alpha value is -2.20. The van der Waals surface area contributed by atoms with Gasteiger partial charge in [0.15, 0.2) is 0 Å². The fourth-order valence-corrected chi connectivity index (χ4v) is 1.80. The average Bonchev–Trinajstić information content (AvgIpc) is 2.37. The molecule has 0 saturated heterocycles. The van der Waals surface area contributed by atoms with E-state index in [1.54, 1.807) is 36.4 Å². The predicted octanol–water partition coefficient (Wildman–Crippen LogP) is 3.87. The quantitative estimate of drug-likeness (QED) is 0.728. The summed E-state index contributed by atoms with van der Waals surface area (Å²) in [6, 6.07) is 12.0. The maximum absolute atomic E-state index is 11.9. The van der Waals surface area contributed by atoms with Gasteiger partial charge in [-0.05, 0) is 36.8 Å². The number of nitrogens with one attached hydrogen (secondary N) is 2. The number of halogens is 1. The molecule has 0 heterocycles. The fourth-order valence-electron chi connectivity index (χ4n) is 1.61. The number of rotatable bonds is 2. The van der Waals surface area contributed by atoms with Gasteiger partial charge in [0, 0.05) is 11.4 Å². The molecule has 0 aliphatic heterocycles. The number of aryl methyl sites for hydroxylation is 1. The average molecular weight is 276 g/mol. The molecule has 2 aromatic carbocycles. The van der Waals surface area contributed by atoms with Crippen molar-refractivity contribution in [1.82, 2.24) is 0 Å². The molecule has 0 bridgehead atoms. The summed E-state index contributed by atoms with van der Waals surface area (Å²) < 4.78 is 0. The van der Waals surface area contributed by atoms with Crippen molar-refractivity contribution in [3.05, 3.63) is 53.1 Å². The van der Waals surface area contributed by atoms with Crippen molar-refractivity contribution in [2.45, 2.75) is 6.92 Å². The second-order valence-electron chi connectivity index (χ2n) is 4.13. The van der Waals surface area contributed by atoms with E-state index >= 15 is 0 Å². The third kappa shape index (κ3) is 3.39. The number of hydrogen-bond acceptors (Lipinski definition) is 2. The maximum Gasteiger partial charge on any atom is 0.323 e. The van der Waals surface area contributed by atoms with Crippen LogP contribution in [-0.4, -0.2) is 6.03 Å². The predicted molar refractivity (Wildman–Crippen MR) is 79.7 cm³/mol. The van der Waals surface area contributed by atoms with Crippen LogP contribution in [0.5, 0.6) is 0 Å². The molecular formula is C14H14ClN3O. The molecular weight excluding hydrogens is 262 g/mol. The summed E-state index contributed by atoms with van der Waals surface area (Å²) in [5, 5.41) is 5.91. The first-order valence-corrected chi connectivity index (χ1v) is 6.13. The number of benzene rings is 2.